The van der Waals surface area contributed by atoms with Gasteiger partial charge in [-0.05, 0) is 12.1 Å². The molecule has 0 saturated heterocycles. The first kappa shape index (κ1) is 14.5. The minimum Gasteiger partial charge on any atom is -0.390 e. The van der Waals surface area contributed by atoms with Gasteiger partial charge in [-0.1, -0.05) is 18.2 Å². The molecule has 0 saturated carbocycles. The highest BCUT2D eigenvalue weighted by Gasteiger charge is 2.23. The van der Waals surface area contributed by atoms with Crippen LogP contribution in [0.5, 0.6) is 0 Å². The lowest BCUT2D eigenvalue weighted by Crippen LogP contribution is -2.12. The van der Waals surface area contributed by atoms with Crippen molar-refractivity contribution in [2.45, 2.75) is 16.8 Å². The highest BCUT2D eigenvalue weighted by Crippen LogP contribution is 2.30. The molecule has 0 spiro atoms. The first-order chi connectivity index (χ1) is 9.04. The number of aliphatic hydroxyl groups excluding tert-OH is 1. The van der Waals surface area contributed by atoms with Crippen molar-refractivity contribution in [2.24, 2.45) is 0 Å². The third-order valence-corrected chi connectivity index (χ3v) is 6.21. The third-order valence-electron chi connectivity index (χ3n) is 2.60. The maximum atomic E-state index is 12.2. The average Bonchev–Trinajstić information content (AvgIpc) is 2.87. The van der Waals surface area contributed by atoms with E-state index in [9.17, 15) is 8.42 Å². The van der Waals surface area contributed by atoms with Crippen LogP contribution in [-0.4, -0.2) is 24.3 Å². The zero-order chi connectivity index (χ0) is 13.9. The van der Waals surface area contributed by atoms with Crippen molar-refractivity contribution < 1.29 is 13.5 Å². The van der Waals surface area contributed by atoms with E-state index in [0.29, 0.717) is 10.6 Å². The summed E-state index contributed by atoms with van der Waals surface area (Å²) >= 11 is 5.64. The van der Waals surface area contributed by atoms with E-state index in [1.165, 1.54) is 11.3 Å². The van der Waals surface area contributed by atoms with Gasteiger partial charge in [-0.2, -0.15) is 12.6 Å². The predicted molar refractivity (Wildman–Crippen MR) is 78.3 cm³/mol. The van der Waals surface area contributed by atoms with E-state index >= 15 is 0 Å². The molecule has 0 aliphatic rings. The number of sulfone groups is 1. The van der Waals surface area contributed by atoms with Crippen molar-refractivity contribution in [2.75, 3.05) is 5.75 Å². The molecule has 0 aliphatic carbocycles. The number of hydrogen-bond donors (Lipinski definition) is 2. The van der Waals surface area contributed by atoms with Crippen LogP contribution in [0.3, 0.4) is 0 Å². The van der Waals surface area contributed by atoms with Crippen molar-refractivity contribution in [3.05, 3.63) is 46.4 Å². The molecule has 0 aliphatic heterocycles. The Morgan fingerprint density at radius 3 is 2.63 bits per heavy atom. The molecule has 1 aromatic heterocycles. The molecule has 7 heteroatoms. The van der Waals surface area contributed by atoms with Crippen molar-refractivity contribution in [1.29, 1.82) is 0 Å². The Bertz CT molecular complexity index is 637. The van der Waals surface area contributed by atoms with Gasteiger partial charge in [0, 0.05) is 4.88 Å². The van der Waals surface area contributed by atoms with Gasteiger partial charge in [-0.25, -0.2) is 13.4 Å². The summed E-state index contributed by atoms with van der Waals surface area (Å²) in [6.07, 6.45) is 0. The van der Waals surface area contributed by atoms with Crippen LogP contribution < -0.4 is 0 Å². The number of thiazole rings is 1. The largest absolute Gasteiger partial charge is 0.390 e. The molecular weight excluding hydrogens is 302 g/mol. The molecule has 19 heavy (non-hydrogen) atoms. The Labute approximate surface area is 121 Å². The fourth-order valence-electron chi connectivity index (χ4n) is 1.68. The number of aliphatic hydroxyl groups is 1. The van der Waals surface area contributed by atoms with Crippen LogP contribution in [0.15, 0.2) is 40.7 Å². The quantitative estimate of drug-likeness (QED) is 0.829. The van der Waals surface area contributed by atoms with E-state index in [1.54, 1.807) is 35.8 Å². The van der Waals surface area contributed by atoms with Crippen LogP contribution in [0.25, 0.3) is 0 Å². The van der Waals surface area contributed by atoms with Gasteiger partial charge in [0.1, 0.15) is 0 Å². The maximum absolute atomic E-state index is 12.2. The van der Waals surface area contributed by atoms with Gasteiger partial charge in [0.25, 0.3) is 0 Å². The van der Waals surface area contributed by atoms with Crippen LogP contribution in [0.1, 0.15) is 15.8 Å². The van der Waals surface area contributed by atoms with E-state index in [1.807, 2.05) is 0 Å². The Morgan fingerprint density at radius 1 is 1.32 bits per heavy atom. The number of nitrogens with zero attached hydrogens (tertiary/aromatic N) is 1. The SMILES string of the molecule is O=S(=O)(CC(S)c1scnc1CO)c1ccccc1. The predicted octanol–water partition coefficient (Wildman–Crippen LogP) is 2.08. The summed E-state index contributed by atoms with van der Waals surface area (Å²) in [6, 6.07) is 8.27. The lowest BCUT2D eigenvalue weighted by Gasteiger charge is -2.11. The number of benzene rings is 1. The monoisotopic (exact) mass is 315 g/mol. The summed E-state index contributed by atoms with van der Waals surface area (Å²) in [5.41, 5.74) is 2.08. The van der Waals surface area contributed by atoms with E-state index < -0.39 is 15.1 Å². The second kappa shape index (κ2) is 6.04. The number of aromatic nitrogens is 1. The fraction of sp³-hybridized carbons (Fsp3) is 0.250. The molecule has 1 atom stereocenters. The van der Waals surface area contributed by atoms with Crippen molar-refractivity contribution >= 4 is 33.8 Å². The number of rotatable bonds is 5. The summed E-state index contributed by atoms with van der Waals surface area (Å²) in [6.45, 7) is -0.207. The van der Waals surface area contributed by atoms with Gasteiger partial charge >= 0.3 is 0 Å². The summed E-state index contributed by atoms with van der Waals surface area (Å²) in [7, 11) is -3.39. The topological polar surface area (TPSA) is 67.3 Å². The first-order valence-corrected chi connectivity index (χ1v) is 8.58. The zero-order valence-corrected chi connectivity index (χ0v) is 12.5. The van der Waals surface area contributed by atoms with Gasteiger partial charge in [-0.3, -0.25) is 0 Å². The van der Waals surface area contributed by atoms with E-state index in [2.05, 4.69) is 17.6 Å². The summed E-state index contributed by atoms with van der Waals surface area (Å²) in [5, 5.41) is 8.65. The molecule has 1 aromatic carbocycles. The fourth-order valence-corrected chi connectivity index (χ4v) is 4.84. The van der Waals surface area contributed by atoms with Crippen molar-refractivity contribution in [3.8, 4) is 0 Å². The second-order valence-electron chi connectivity index (χ2n) is 3.93. The summed E-state index contributed by atoms with van der Waals surface area (Å²) < 4.78 is 24.4. The molecule has 0 amide bonds. The van der Waals surface area contributed by atoms with Gasteiger partial charge in [0.15, 0.2) is 9.84 Å². The van der Waals surface area contributed by atoms with Crippen LogP contribution in [0.4, 0.5) is 0 Å². The lowest BCUT2D eigenvalue weighted by molar-refractivity contribution is 0.276. The van der Waals surface area contributed by atoms with Crippen LogP contribution in [0, 0.1) is 0 Å². The highest BCUT2D eigenvalue weighted by molar-refractivity contribution is 7.92. The van der Waals surface area contributed by atoms with E-state index in [0.717, 1.165) is 0 Å². The molecule has 1 N–H and O–H groups in total. The number of hydrogen-bond acceptors (Lipinski definition) is 6. The van der Waals surface area contributed by atoms with Crippen molar-refractivity contribution in [1.82, 2.24) is 4.98 Å². The minimum atomic E-state index is -3.39. The Morgan fingerprint density at radius 2 is 2.00 bits per heavy atom. The Kier molecular flexibility index (Phi) is 4.62. The molecule has 4 nitrogen and oxygen atoms in total. The van der Waals surface area contributed by atoms with Crippen LogP contribution >= 0.6 is 24.0 Å². The Hall–Kier alpha value is -0.890. The normalized spacial score (nSPS) is 13.4. The van der Waals surface area contributed by atoms with Crippen LogP contribution in [0.2, 0.25) is 0 Å². The van der Waals surface area contributed by atoms with Gasteiger partial charge in [-0.15, -0.1) is 11.3 Å². The van der Waals surface area contributed by atoms with Crippen LogP contribution in [-0.2, 0) is 16.4 Å². The summed E-state index contributed by atoms with van der Waals surface area (Å²) in [4.78, 5) is 4.96. The summed E-state index contributed by atoms with van der Waals surface area (Å²) in [5.74, 6) is -0.116. The molecule has 2 rings (SSSR count). The van der Waals surface area contributed by atoms with Crippen molar-refractivity contribution in [3.63, 3.8) is 0 Å². The third kappa shape index (κ3) is 3.36. The number of thiol groups is 1. The van der Waals surface area contributed by atoms with E-state index in [-0.39, 0.29) is 17.3 Å². The average molecular weight is 315 g/mol. The van der Waals surface area contributed by atoms with Gasteiger partial charge in [0.05, 0.1) is 33.7 Å². The molecule has 0 bridgehead atoms. The molecule has 0 radical (unpaired) electrons. The molecular formula is C12H13NO3S3. The second-order valence-corrected chi connectivity index (χ2v) is 7.48. The van der Waals surface area contributed by atoms with E-state index in [4.69, 9.17) is 5.11 Å². The standard InChI is InChI=1S/C12H13NO3S3/c14-6-10-12(18-8-13-10)11(17)7-19(15,16)9-4-2-1-3-5-9/h1-5,8,11,14,17H,6-7H2. The molecule has 1 heterocycles. The smallest absolute Gasteiger partial charge is 0.179 e. The first-order valence-electron chi connectivity index (χ1n) is 5.53. The van der Waals surface area contributed by atoms with Gasteiger partial charge in [0.2, 0.25) is 0 Å². The zero-order valence-electron chi connectivity index (χ0n) is 9.93. The highest BCUT2D eigenvalue weighted by atomic mass is 32.2. The molecule has 102 valence electrons. The molecule has 0 fully saturated rings. The Balaban J connectivity index is 2.22. The lowest BCUT2D eigenvalue weighted by atomic mass is 10.3. The maximum Gasteiger partial charge on any atom is 0.179 e. The molecule has 2 aromatic rings. The van der Waals surface area contributed by atoms with Gasteiger partial charge < -0.3 is 5.11 Å². The minimum absolute atomic E-state index is 0.116. The molecule has 1 unspecified atom stereocenters.